The predicted octanol–water partition coefficient (Wildman–Crippen LogP) is 1.69. The fourth-order valence-electron chi connectivity index (χ4n) is 1.01. The SMILES string of the molecule is C#CC(C)OCC(OP(=O)(O)O)C(F)(F)OC(C)C=C. The van der Waals surface area contributed by atoms with Crippen LogP contribution in [0, 0.1) is 12.3 Å². The van der Waals surface area contributed by atoms with Crippen LogP contribution in [0.5, 0.6) is 0 Å². The van der Waals surface area contributed by atoms with Crippen molar-refractivity contribution in [1.82, 2.24) is 0 Å². The van der Waals surface area contributed by atoms with E-state index < -0.39 is 38.9 Å². The van der Waals surface area contributed by atoms with Gasteiger partial charge in [0.15, 0.2) is 6.10 Å². The van der Waals surface area contributed by atoms with E-state index in [-0.39, 0.29) is 0 Å². The molecule has 9 heteroatoms. The minimum Gasteiger partial charge on any atom is -0.363 e. The topological polar surface area (TPSA) is 85.2 Å². The third-order valence-corrected chi connectivity index (χ3v) is 2.58. The Morgan fingerprint density at radius 3 is 2.45 bits per heavy atom. The van der Waals surface area contributed by atoms with Gasteiger partial charge < -0.3 is 19.3 Å². The number of hydrogen-bond donors (Lipinski definition) is 2. The number of alkyl halides is 2. The van der Waals surface area contributed by atoms with Crippen molar-refractivity contribution in [3.05, 3.63) is 12.7 Å². The van der Waals surface area contributed by atoms with E-state index >= 15 is 0 Å². The fourth-order valence-corrected chi connectivity index (χ4v) is 1.52. The van der Waals surface area contributed by atoms with Gasteiger partial charge >= 0.3 is 13.9 Å². The molecule has 0 spiro atoms. The first-order valence-corrected chi connectivity index (χ1v) is 7.04. The lowest BCUT2D eigenvalue weighted by Crippen LogP contribution is -2.43. The Morgan fingerprint density at radius 1 is 1.50 bits per heavy atom. The lowest BCUT2D eigenvalue weighted by molar-refractivity contribution is -0.302. The normalized spacial score (nSPS) is 17.1. The smallest absolute Gasteiger partial charge is 0.363 e. The van der Waals surface area contributed by atoms with Crippen molar-refractivity contribution in [1.29, 1.82) is 0 Å². The zero-order chi connectivity index (χ0) is 16.0. The summed E-state index contributed by atoms with van der Waals surface area (Å²) in [7, 11) is -5.16. The van der Waals surface area contributed by atoms with Crippen molar-refractivity contribution in [3.63, 3.8) is 0 Å². The molecule has 0 aromatic carbocycles. The number of phosphoric ester groups is 1. The molecule has 0 aromatic rings. The Morgan fingerprint density at radius 2 is 2.05 bits per heavy atom. The van der Waals surface area contributed by atoms with E-state index in [4.69, 9.17) is 20.9 Å². The van der Waals surface area contributed by atoms with Gasteiger partial charge in [0, 0.05) is 0 Å². The second kappa shape index (κ2) is 7.84. The van der Waals surface area contributed by atoms with Crippen molar-refractivity contribution in [3.8, 4) is 12.3 Å². The number of rotatable bonds is 9. The van der Waals surface area contributed by atoms with Crippen LogP contribution in [0.25, 0.3) is 0 Å². The van der Waals surface area contributed by atoms with Gasteiger partial charge in [-0.1, -0.05) is 12.0 Å². The Hall–Kier alpha value is -0.810. The Bertz CT molecular complexity index is 402. The summed E-state index contributed by atoms with van der Waals surface area (Å²) in [6, 6.07) is 0. The zero-order valence-corrected chi connectivity index (χ0v) is 11.9. The van der Waals surface area contributed by atoms with Gasteiger partial charge in [-0.15, -0.1) is 13.0 Å². The lowest BCUT2D eigenvalue weighted by atomic mass is 10.3. The molecule has 116 valence electrons. The summed E-state index contributed by atoms with van der Waals surface area (Å²) in [5, 5.41) is 0. The van der Waals surface area contributed by atoms with Gasteiger partial charge in [0.05, 0.1) is 12.7 Å². The van der Waals surface area contributed by atoms with Crippen molar-refractivity contribution in [2.24, 2.45) is 0 Å². The van der Waals surface area contributed by atoms with Gasteiger partial charge in [-0.25, -0.2) is 4.57 Å². The van der Waals surface area contributed by atoms with Gasteiger partial charge in [0.25, 0.3) is 0 Å². The number of hydrogen-bond acceptors (Lipinski definition) is 4. The average molecular weight is 314 g/mol. The number of ether oxygens (including phenoxy) is 2. The van der Waals surface area contributed by atoms with Gasteiger partial charge in [0.2, 0.25) is 0 Å². The lowest BCUT2D eigenvalue weighted by Gasteiger charge is -2.28. The standard InChI is InChI=1S/C11H17F2O6P/c1-5-8(3)17-7-10(19-20(14,15)16)11(12,13)18-9(4)6-2/h1,6,8-10H,2,7H2,3-4H3,(H2,14,15,16). The molecule has 0 saturated heterocycles. The van der Waals surface area contributed by atoms with Crippen LogP contribution in [0.15, 0.2) is 12.7 Å². The first kappa shape index (κ1) is 19.2. The van der Waals surface area contributed by atoms with E-state index in [1.807, 2.05) is 0 Å². The molecule has 0 bridgehead atoms. The van der Waals surface area contributed by atoms with Crippen LogP contribution in [-0.2, 0) is 18.6 Å². The molecule has 6 nitrogen and oxygen atoms in total. The highest BCUT2D eigenvalue weighted by molar-refractivity contribution is 7.46. The van der Waals surface area contributed by atoms with Crippen LogP contribution in [-0.4, -0.2) is 40.8 Å². The molecule has 20 heavy (non-hydrogen) atoms. The highest BCUT2D eigenvalue weighted by Crippen LogP contribution is 2.42. The van der Waals surface area contributed by atoms with Gasteiger partial charge in [-0.3, -0.25) is 4.52 Å². The number of phosphoric acid groups is 1. The predicted molar refractivity (Wildman–Crippen MR) is 66.9 cm³/mol. The molecule has 3 atom stereocenters. The van der Waals surface area contributed by atoms with Gasteiger partial charge in [-0.05, 0) is 13.8 Å². The first-order chi connectivity index (χ1) is 9.01. The van der Waals surface area contributed by atoms with Crippen LogP contribution < -0.4 is 0 Å². The number of halogens is 2. The fraction of sp³-hybridized carbons (Fsp3) is 0.636. The molecule has 0 rings (SSSR count). The van der Waals surface area contributed by atoms with Gasteiger partial charge in [-0.2, -0.15) is 8.78 Å². The van der Waals surface area contributed by atoms with Crippen molar-refractivity contribution >= 4 is 7.82 Å². The van der Waals surface area contributed by atoms with Crippen LogP contribution in [0.4, 0.5) is 8.78 Å². The maximum atomic E-state index is 13.7. The zero-order valence-electron chi connectivity index (χ0n) is 11.0. The molecule has 0 aromatic heterocycles. The Kier molecular flexibility index (Phi) is 7.52. The molecule has 0 aliphatic rings. The molecule has 2 N–H and O–H groups in total. The van der Waals surface area contributed by atoms with E-state index in [0.717, 1.165) is 6.08 Å². The highest BCUT2D eigenvalue weighted by atomic mass is 31.2. The maximum absolute atomic E-state index is 13.7. The third kappa shape index (κ3) is 7.70. The van der Waals surface area contributed by atoms with Crippen molar-refractivity contribution < 1.29 is 37.1 Å². The quantitative estimate of drug-likeness (QED) is 0.383. The highest BCUT2D eigenvalue weighted by Gasteiger charge is 2.46. The average Bonchev–Trinajstić information content (AvgIpc) is 2.31. The van der Waals surface area contributed by atoms with Crippen LogP contribution in [0.3, 0.4) is 0 Å². The molecule has 0 aliphatic carbocycles. The van der Waals surface area contributed by atoms with E-state index in [0.29, 0.717) is 0 Å². The van der Waals surface area contributed by atoms with E-state index in [9.17, 15) is 13.3 Å². The molecule has 0 radical (unpaired) electrons. The molecule has 0 aliphatic heterocycles. The Balaban J connectivity index is 4.94. The van der Waals surface area contributed by atoms with Crippen molar-refractivity contribution in [2.75, 3.05) is 6.61 Å². The minimum atomic E-state index is -5.16. The summed E-state index contributed by atoms with van der Waals surface area (Å²) < 4.78 is 51.3. The first-order valence-electron chi connectivity index (χ1n) is 5.51. The summed E-state index contributed by atoms with van der Waals surface area (Å²) in [6.45, 7) is 5.08. The summed E-state index contributed by atoms with van der Waals surface area (Å²) in [6.07, 6.45) is -2.11. The summed E-state index contributed by atoms with van der Waals surface area (Å²) in [4.78, 5) is 17.3. The molecule has 3 unspecified atom stereocenters. The van der Waals surface area contributed by atoms with E-state index in [2.05, 4.69) is 21.8 Å². The summed E-state index contributed by atoms with van der Waals surface area (Å²) >= 11 is 0. The molecule has 0 amide bonds. The third-order valence-electron chi connectivity index (χ3n) is 2.05. The molecule has 0 fully saturated rings. The number of terminal acetylenes is 1. The summed E-state index contributed by atoms with van der Waals surface area (Å²) in [5.74, 6) is 2.11. The second-order valence-electron chi connectivity index (χ2n) is 3.85. The van der Waals surface area contributed by atoms with E-state index in [1.54, 1.807) is 0 Å². The second-order valence-corrected chi connectivity index (χ2v) is 5.04. The summed E-state index contributed by atoms with van der Waals surface area (Å²) in [5.41, 5.74) is 0. The molecule has 0 heterocycles. The van der Waals surface area contributed by atoms with Gasteiger partial charge in [0.1, 0.15) is 6.10 Å². The van der Waals surface area contributed by atoms with Crippen LogP contribution in [0.2, 0.25) is 0 Å². The molecular weight excluding hydrogens is 297 g/mol. The molecular formula is C11H17F2O6P. The molecule has 0 saturated carbocycles. The van der Waals surface area contributed by atoms with Crippen LogP contribution in [0.1, 0.15) is 13.8 Å². The van der Waals surface area contributed by atoms with Crippen LogP contribution >= 0.6 is 7.82 Å². The maximum Gasteiger partial charge on any atom is 0.470 e. The van der Waals surface area contributed by atoms with E-state index in [1.165, 1.54) is 13.8 Å². The Labute approximate surface area is 116 Å². The largest absolute Gasteiger partial charge is 0.470 e. The monoisotopic (exact) mass is 314 g/mol. The van der Waals surface area contributed by atoms with Crippen molar-refractivity contribution in [2.45, 2.75) is 38.3 Å². The minimum absolute atomic E-state index is 0.828.